The quantitative estimate of drug-likeness (QED) is 0.645. The van der Waals surface area contributed by atoms with Crippen molar-refractivity contribution < 1.29 is 19.4 Å². The van der Waals surface area contributed by atoms with Crippen molar-refractivity contribution >= 4 is 23.4 Å². The standard InChI is InChI=1S/C12H13ClO4/c1-2-17-12(16)11(15)7-10(14)8-3-5-9(13)6-4-8/h3-6,11,15H,2,7H2,1H3/t11-/m0/s1. The van der Waals surface area contributed by atoms with E-state index in [1.807, 2.05) is 0 Å². The number of halogens is 1. The minimum Gasteiger partial charge on any atom is -0.464 e. The Kier molecular flexibility index (Phi) is 5.12. The third-order valence-corrected chi connectivity index (χ3v) is 2.36. The van der Waals surface area contributed by atoms with E-state index in [2.05, 4.69) is 4.74 Å². The third kappa shape index (κ3) is 4.17. The zero-order chi connectivity index (χ0) is 12.8. The molecule has 17 heavy (non-hydrogen) atoms. The summed E-state index contributed by atoms with van der Waals surface area (Å²) in [6, 6.07) is 6.24. The first kappa shape index (κ1) is 13.7. The molecule has 0 unspecified atom stereocenters. The van der Waals surface area contributed by atoms with E-state index in [9.17, 15) is 14.7 Å². The predicted octanol–water partition coefficient (Wildman–Crippen LogP) is 1.84. The molecule has 0 saturated carbocycles. The van der Waals surface area contributed by atoms with Gasteiger partial charge in [0.05, 0.1) is 6.61 Å². The highest BCUT2D eigenvalue weighted by atomic mass is 35.5. The van der Waals surface area contributed by atoms with E-state index < -0.39 is 12.1 Å². The Bertz CT molecular complexity index is 399. The second-order valence-electron chi connectivity index (χ2n) is 3.40. The first-order chi connectivity index (χ1) is 8.04. The maximum Gasteiger partial charge on any atom is 0.335 e. The zero-order valence-corrected chi connectivity index (χ0v) is 10.1. The smallest absolute Gasteiger partial charge is 0.335 e. The minimum atomic E-state index is -1.42. The Hall–Kier alpha value is -1.39. The summed E-state index contributed by atoms with van der Waals surface area (Å²) < 4.78 is 4.60. The molecule has 4 nitrogen and oxygen atoms in total. The average molecular weight is 257 g/mol. The van der Waals surface area contributed by atoms with Gasteiger partial charge in [-0.15, -0.1) is 0 Å². The second kappa shape index (κ2) is 6.37. The summed E-state index contributed by atoms with van der Waals surface area (Å²) in [5.74, 6) is -1.11. The average Bonchev–Trinajstić information content (AvgIpc) is 2.30. The summed E-state index contributed by atoms with van der Waals surface area (Å²) in [5.41, 5.74) is 0.401. The number of carbonyl (C=O) groups excluding carboxylic acids is 2. The van der Waals surface area contributed by atoms with Crippen LogP contribution in [0.25, 0.3) is 0 Å². The van der Waals surface area contributed by atoms with Crippen LogP contribution in [0.2, 0.25) is 5.02 Å². The Balaban J connectivity index is 2.60. The van der Waals surface area contributed by atoms with E-state index in [-0.39, 0.29) is 18.8 Å². The third-order valence-electron chi connectivity index (χ3n) is 2.10. The molecule has 92 valence electrons. The van der Waals surface area contributed by atoms with Gasteiger partial charge in [-0.05, 0) is 31.2 Å². The lowest BCUT2D eigenvalue weighted by atomic mass is 10.1. The van der Waals surface area contributed by atoms with Crippen LogP contribution in [0.15, 0.2) is 24.3 Å². The second-order valence-corrected chi connectivity index (χ2v) is 3.84. The molecule has 1 rings (SSSR count). The fourth-order valence-electron chi connectivity index (χ4n) is 1.25. The van der Waals surface area contributed by atoms with E-state index in [1.165, 1.54) is 0 Å². The summed E-state index contributed by atoms with van der Waals surface area (Å²) in [6.07, 6.45) is -1.71. The molecule has 5 heteroatoms. The van der Waals surface area contributed by atoms with Crippen molar-refractivity contribution in [2.45, 2.75) is 19.4 Å². The van der Waals surface area contributed by atoms with Crippen molar-refractivity contribution in [1.29, 1.82) is 0 Å². The van der Waals surface area contributed by atoms with Crippen LogP contribution in [0.3, 0.4) is 0 Å². The van der Waals surface area contributed by atoms with E-state index >= 15 is 0 Å². The lowest BCUT2D eigenvalue weighted by Gasteiger charge is -2.08. The number of esters is 1. The van der Waals surface area contributed by atoms with Gasteiger partial charge in [0, 0.05) is 17.0 Å². The molecule has 0 fully saturated rings. The van der Waals surface area contributed by atoms with Gasteiger partial charge in [0.2, 0.25) is 0 Å². The number of hydrogen-bond acceptors (Lipinski definition) is 4. The van der Waals surface area contributed by atoms with Crippen LogP contribution in [0.5, 0.6) is 0 Å². The number of carbonyl (C=O) groups is 2. The Morgan fingerprint density at radius 2 is 1.94 bits per heavy atom. The molecule has 0 amide bonds. The monoisotopic (exact) mass is 256 g/mol. The summed E-state index contributed by atoms with van der Waals surface area (Å²) >= 11 is 5.68. The number of aliphatic hydroxyl groups is 1. The molecule has 0 aliphatic rings. The van der Waals surface area contributed by atoms with Gasteiger partial charge in [-0.1, -0.05) is 11.6 Å². The number of aliphatic hydroxyl groups excluding tert-OH is 1. The summed E-state index contributed by atoms with van der Waals surface area (Å²) in [7, 11) is 0. The zero-order valence-electron chi connectivity index (χ0n) is 9.35. The first-order valence-corrected chi connectivity index (χ1v) is 5.56. The molecule has 0 radical (unpaired) electrons. The van der Waals surface area contributed by atoms with E-state index in [4.69, 9.17) is 11.6 Å². The topological polar surface area (TPSA) is 63.6 Å². The highest BCUT2D eigenvalue weighted by molar-refractivity contribution is 6.30. The van der Waals surface area contributed by atoms with Crippen LogP contribution >= 0.6 is 11.6 Å². The van der Waals surface area contributed by atoms with Crippen molar-refractivity contribution in [1.82, 2.24) is 0 Å². The molecule has 1 aromatic carbocycles. The predicted molar refractivity (Wildman–Crippen MR) is 63.0 cm³/mol. The van der Waals surface area contributed by atoms with Crippen LogP contribution in [0.1, 0.15) is 23.7 Å². The molecule has 0 bridgehead atoms. The Morgan fingerprint density at radius 3 is 2.47 bits per heavy atom. The largest absolute Gasteiger partial charge is 0.464 e. The van der Waals surface area contributed by atoms with E-state index in [0.29, 0.717) is 10.6 Å². The first-order valence-electron chi connectivity index (χ1n) is 5.18. The summed E-state index contributed by atoms with van der Waals surface area (Å²) in [5, 5.41) is 9.93. The number of Topliss-reactive ketones (excluding diaryl/α,β-unsaturated/α-hetero) is 1. The summed E-state index contributed by atoms with van der Waals surface area (Å²) in [6.45, 7) is 1.80. The number of hydrogen-bond donors (Lipinski definition) is 1. The van der Waals surface area contributed by atoms with Crippen LogP contribution in [0.4, 0.5) is 0 Å². The molecular formula is C12H13ClO4. The molecule has 1 N–H and O–H groups in total. The fraction of sp³-hybridized carbons (Fsp3) is 0.333. The highest BCUT2D eigenvalue weighted by Crippen LogP contribution is 2.12. The molecule has 0 aliphatic carbocycles. The van der Waals surface area contributed by atoms with E-state index in [0.717, 1.165) is 0 Å². The SMILES string of the molecule is CCOC(=O)[C@@H](O)CC(=O)c1ccc(Cl)cc1. The number of ether oxygens (including phenoxy) is 1. The van der Waals surface area contributed by atoms with Gasteiger partial charge in [-0.3, -0.25) is 4.79 Å². The van der Waals surface area contributed by atoms with Crippen LogP contribution in [0, 0.1) is 0 Å². The molecule has 0 saturated heterocycles. The van der Waals surface area contributed by atoms with Crippen LogP contribution in [-0.4, -0.2) is 29.6 Å². The normalized spacial score (nSPS) is 11.9. The minimum absolute atomic E-state index is 0.172. The molecular weight excluding hydrogens is 244 g/mol. The number of benzene rings is 1. The molecule has 1 aromatic rings. The van der Waals surface area contributed by atoms with Gasteiger partial charge in [-0.25, -0.2) is 4.79 Å². The highest BCUT2D eigenvalue weighted by Gasteiger charge is 2.20. The lowest BCUT2D eigenvalue weighted by molar-refractivity contribution is -0.152. The van der Waals surface area contributed by atoms with Gasteiger partial charge in [0.1, 0.15) is 0 Å². The van der Waals surface area contributed by atoms with Gasteiger partial charge in [0.15, 0.2) is 11.9 Å². The van der Waals surface area contributed by atoms with Crippen molar-refractivity contribution in [2.24, 2.45) is 0 Å². The molecule has 0 aliphatic heterocycles. The molecule has 0 heterocycles. The number of rotatable bonds is 5. The summed E-state index contributed by atoms with van der Waals surface area (Å²) in [4.78, 5) is 22.8. The van der Waals surface area contributed by atoms with Crippen LogP contribution < -0.4 is 0 Å². The van der Waals surface area contributed by atoms with Gasteiger partial charge in [0.25, 0.3) is 0 Å². The Labute approximate surface area is 104 Å². The Morgan fingerprint density at radius 1 is 1.35 bits per heavy atom. The van der Waals surface area contributed by atoms with E-state index in [1.54, 1.807) is 31.2 Å². The van der Waals surface area contributed by atoms with Crippen molar-refractivity contribution in [3.63, 3.8) is 0 Å². The maximum absolute atomic E-state index is 11.7. The fourth-order valence-corrected chi connectivity index (χ4v) is 1.38. The molecule has 1 atom stereocenters. The number of ketones is 1. The van der Waals surface area contributed by atoms with Gasteiger partial charge in [-0.2, -0.15) is 0 Å². The van der Waals surface area contributed by atoms with Crippen LogP contribution in [-0.2, 0) is 9.53 Å². The van der Waals surface area contributed by atoms with Crippen molar-refractivity contribution in [3.8, 4) is 0 Å². The van der Waals surface area contributed by atoms with Crippen molar-refractivity contribution in [3.05, 3.63) is 34.9 Å². The van der Waals surface area contributed by atoms with Gasteiger partial charge < -0.3 is 9.84 Å². The van der Waals surface area contributed by atoms with Crippen molar-refractivity contribution in [2.75, 3.05) is 6.61 Å². The molecule has 0 spiro atoms. The molecule has 0 aromatic heterocycles. The van der Waals surface area contributed by atoms with Gasteiger partial charge >= 0.3 is 5.97 Å². The lowest BCUT2D eigenvalue weighted by Crippen LogP contribution is -2.26. The maximum atomic E-state index is 11.7.